The summed E-state index contributed by atoms with van der Waals surface area (Å²) in [6.45, 7) is 4.07. The summed E-state index contributed by atoms with van der Waals surface area (Å²) in [6, 6.07) is 0. The summed E-state index contributed by atoms with van der Waals surface area (Å²) in [5, 5.41) is 3.87. The molecule has 88 valence electrons. The van der Waals surface area contributed by atoms with Crippen LogP contribution in [0.1, 0.15) is 28.2 Å². The first kappa shape index (κ1) is 11.5. The van der Waals surface area contributed by atoms with Crippen LogP contribution in [0.15, 0.2) is 0 Å². The molecule has 1 saturated heterocycles. The minimum atomic E-state index is 0.0608. The lowest BCUT2D eigenvalue weighted by atomic mass is 9.98. The van der Waals surface area contributed by atoms with Crippen LogP contribution in [-0.2, 0) is 0 Å². The van der Waals surface area contributed by atoms with Crippen molar-refractivity contribution in [3.8, 4) is 0 Å². The molecule has 2 N–H and O–H groups in total. The second kappa shape index (κ2) is 4.88. The van der Waals surface area contributed by atoms with Gasteiger partial charge in [0.2, 0.25) is 0 Å². The van der Waals surface area contributed by atoms with E-state index in [0.29, 0.717) is 17.3 Å². The lowest BCUT2D eigenvalue weighted by Crippen LogP contribution is -2.42. The van der Waals surface area contributed by atoms with Crippen molar-refractivity contribution in [2.45, 2.75) is 19.8 Å². The van der Waals surface area contributed by atoms with Crippen LogP contribution in [0.4, 0.5) is 0 Å². The molecular weight excluding hydrogens is 224 g/mol. The summed E-state index contributed by atoms with van der Waals surface area (Å²) in [5.41, 5.74) is 6.38. The van der Waals surface area contributed by atoms with Gasteiger partial charge in [0.1, 0.15) is 4.88 Å². The van der Waals surface area contributed by atoms with Crippen molar-refractivity contribution in [3.63, 3.8) is 0 Å². The number of hydrogen-bond donors (Lipinski definition) is 1. The maximum atomic E-state index is 12.2. The molecule has 0 bridgehead atoms. The van der Waals surface area contributed by atoms with E-state index in [1.54, 1.807) is 0 Å². The van der Waals surface area contributed by atoms with E-state index in [4.69, 9.17) is 5.73 Å². The lowest BCUT2D eigenvalue weighted by Gasteiger charge is -2.31. The fourth-order valence-corrected chi connectivity index (χ4v) is 2.64. The molecule has 0 aromatic carbocycles. The third kappa shape index (κ3) is 2.22. The average Bonchev–Trinajstić information content (AvgIpc) is 2.74. The third-order valence-corrected chi connectivity index (χ3v) is 3.80. The zero-order valence-corrected chi connectivity index (χ0v) is 10.2. The Hall–Kier alpha value is -1.01. The van der Waals surface area contributed by atoms with E-state index in [2.05, 4.69) is 9.59 Å². The molecular formula is C10H16N4OS. The van der Waals surface area contributed by atoms with Crippen molar-refractivity contribution in [2.24, 2.45) is 11.7 Å². The van der Waals surface area contributed by atoms with E-state index in [9.17, 15) is 4.79 Å². The van der Waals surface area contributed by atoms with Gasteiger partial charge >= 0.3 is 0 Å². The molecule has 0 unspecified atom stereocenters. The predicted molar refractivity (Wildman–Crippen MR) is 62.3 cm³/mol. The predicted octanol–water partition coefficient (Wildman–Crippen LogP) is 0.657. The second-order valence-corrected chi connectivity index (χ2v) is 4.94. The minimum Gasteiger partial charge on any atom is -0.338 e. The number of hydrogen-bond acceptors (Lipinski definition) is 5. The summed E-state index contributed by atoms with van der Waals surface area (Å²) in [6.07, 6.45) is 2.17. The Morgan fingerprint density at radius 1 is 1.69 bits per heavy atom. The summed E-state index contributed by atoms with van der Waals surface area (Å²) < 4.78 is 3.80. The highest BCUT2D eigenvalue weighted by Gasteiger charge is 2.25. The monoisotopic (exact) mass is 240 g/mol. The number of amides is 1. The fraction of sp³-hybridized carbons (Fsp3) is 0.700. The Morgan fingerprint density at radius 3 is 3.12 bits per heavy atom. The van der Waals surface area contributed by atoms with Crippen LogP contribution in [0.3, 0.4) is 0 Å². The molecule has 0 radical (unpaired) electrons. The maximum absolute atomic E-state index is 12.2. The van der Waals surface area contributed by atoms with E-state index in [-0.39, 0.29) is 5.91 Å². The van der Waals surface area contributed by atoms with Gasteiger partial charge in [0, 0.05) is 13.1 Å². The van der Waals surface area contributed by atoms with Gasteiger partial charge in [-0.15, -0.1) is 5.10 Å². The normalized spacial score (nSPS) is 21.1. The lowest BCUT2D eigenvalue weighted by molar-refractivity contribution is 0.0682. The van der Waals surface area contributed by atoms with Crippen molar-refractivity contribution < 1.29 is 4.79 Å². The Labute approximate surface area is 98.8 Å². The molecule has 1 aliphatic rings. The Morgan fingerprint density at radius 2 is 2.50 bits per heavy atom. The minimum absolute atomic E-state index is 0.0608. The molecule has 5 nitrogen and oxygen atoms in total. The molecule has 1 atom stereocenters. The summed E-state index contributed by atoms with van der Waals surface area (Å²) in [5.74, 6) is 0.504. The molecule has 0 aliphatic carbocycles. The molecule has 1 amide bonds. The first-order chi connectivity index (χ1) is 7.72. The van der Waals surface area contributed by atoms with Crippen molar-refractivity contribution >= 4 is 17.4 Å². The number of carbonyl (C=O) groups is 1. The van der Waals surface area contributed by atoms with Crippen molar-refractivity contribution in [3.05, 3.63) is 10.6 Å². The molecule has 1 fully saturated rings. The number of carbonyl (C=O) groups excluding carboxylic acids is 1. The smallest absolute Gasteiger partial charge is 0.267 e. The van der Waals surface area contributed by atoms with Gasteiger partial charge in [0.25, 0.3) is 5.91 Å². The van der Waals surface area contributed by atoms with Crippen LogP contribution in [0.25, 0.3) is 0 Å². The van der Waals surface area contributed by atoms with Gasteiger partial charge in [0.05, 0.1) is 5.69 Å². The summed E-state index contributed by atoms with van der Waals surface area (Å²) in [7, 11) is 0. The van der Waals surface area contributed by atoms with E-state index < -0.39 is 0 Å². The number of piperidine rings is 1. The molecule has 2 heterocycles. The standard InChI is InChI=1S/C10H16N4OS/c1-7-9(16-13-12-7)10(15)14-4-2-3-8(5-11)6-14/h8H,2-6,11H2,1H3/t8-/m1/s1. The number of aromatic nitrogens is 2. The molecule has 2 rings (SSSR count). The van der Waals surface area contributed by atoms with Gasteiger partial charge in [-0.3, -0.25) is 4.79 Å². The van der Waals surface area contributed by atoms with Crippen LogP contribution in [0.2, 0.25) is 0 Å². The zero-order chi connectivity index (χ0) is 11.5. The Balaban J connectivity index is 2.07. The van der Waals surface area contributed by atoms with Crippen LogP contribution in [0.5, 0.6) is 0 Å². The van der Waals surface area contributed by atoms with Crippen molar-refractivity contribution in [2.75, 3.05) is 19.6 Å². The largest absolute Gasteiger partial charge is 0.338 e. The van der Waals surface area contributed by atoms with Gasteiger partial charge in [-0.05, 0) is 43.8 Å². The molecule has 0 spiro atoms. The van der Waals surface area contributed by atoms with Crippen LogP contribution >= 0.6 is 11.5 Å². The highest BCUT2D eigenvalue weighted by molar-refractivity contribution is 7.07. The molecule has 0 saturated carbocycles. The van der Waals surface area contributed by atoms with E-state index in [0.717, 1.165) is 31.6 Å². The van der Waals surface area contributed by atoms with Gasteiger partial charge in [-0.2, -0.15) is 0 Å². The van der Waals surface area contributed by atoms with Gasteiger partial charge in [0.15, 0.2) is 0 Å². The quantitative estimate of drug-likeness (QED) is 0.824. The third-order valence-electron chi connectivity index (χ3n) is 2.99. The maximum Gasteiger partial charge on any atom is 0.267 e. The Bertz CT molecular complexity index is 379. The topological polar surface area (TPSA) is 72.1 Å². The second-order valence-electron chi connectivity index (χ2n) is 4.18. The first-order valence-corrected chi connectivity index (χ1v) is 6.28. The van der Waals surface area contributed by atoms with E-state index >= 15 is 0 Å². The molecule has 1 aromatic rings. The van der Waals surface area contributed by atoms with E-state index in [1.807, 2.05) is 11.8 Å². The SMILES string of the molecule is Cc1nnsc1C(=O)N1CCC[C@H](CN)C1. The summed E-state index contributed by atoms with van der Waals surface area (Å²) >= 11 is 1.18. The van der Waals surface area contributed by atoms with Gasteiger partial charge < -0.3 is 10.6 Å². The Kier molecular flexibility index (Phi) is 3.50. The summed E-state index contributed by atoms with van der Waals surface area (Å²) in [4.78, 5) is 14.7. The number of rotatable bonds is 2. The molecule has 1 aromatic heterocycles. The number of aryl methyl sites for hydroxylation is 1. The van der Waals surface area contributed by atoms with Crippen LogP contribution < -0.4 is 5.73 Å². The number of nitrogens with zero attached hydrogens (tertiary/aromatic N) is 3. The van der Waals surface area contributed by atoms with E-state index in [1.165, 1.54) is 11.5 Å². The first-order valence-electron chi connectivity index (χ1n) is 5.50. The van der Waals surface area contributed by atoms with Crippen LogP contribution in [-0.4, -0.2) is 40.0 Å². The highest BCUT2D eigenvalue weighted by Crippen LogP contribution is 2.19. The zero-order valence-electron chi connectivity index (χ0n) is 9.35. The molecule has 6 heteroatoms. The number of likely N-dealkylation sites (tertiary alicyclic amines) is 1. The average molecular weight is 240 g/mol. The molecule has 16 heavy (non-hydrogen) atoms. The fourth-order valence-electron chi connectivity index (χ4n) is 2.01. The van der Waals surface area contributed by atoms with Crippen molar-refractivity contribution in [1.29, 1.82) is 0 Å². The van der Waals surface area contributed by atoms with Gasteiger partial charge in [-0.25, -0.2) is 0 Å². The van der Waals surface area contributed by atoms with Crippen molar-refractivity contribution in [1.82, 2.24) is 14.5 Å². The number of nitrogens with two attached hydrogens (primary N) is 1. The molecule has 1 aliphatic heterocycles. The highest BCUT2D eigenvalue weighted by atomic mass is 32.1. The van der Waals surface area contributed by atoms with Gasteiger partial charge in [-0.1, -0.05) is 4.49 Å². The van der Waals surface area contributed by atoms with Crippen LogP contribution in [0, 0.1) is 12.8 Å².